The maximum absolute atomic E-state index is 12.3. The summed E-state index contributed by atoms with van der Waals surface area (Å²) in [6.45, 7) is 0. The largest absolute Gasteiger partial charge is 0.234 e. The highest BCUT2D eigenvalue weighted by atomic mass is 127. The third kappa shape index (κ3) is 1.54. The fourth-order valence-corrected chi connectivity index (χ4v) is 1.19. The summed E-state index contributed by atoms with van der Waals surface area (Å²) in [6.07, 6.45) is 0. The lowest BCUT2D eigenvalue weighted by atomic mass is 10.5. The smallest absolute Gasteiger partial charge is 0.188 e. The Morgan fingerprint density at radius 2 is 2.00 bits per heavy atom. The minimum atomic E-state index is -0.973. The molecular formula is C5HClF2IN. The molecule has 0 radical (unpaired) electrons. The molecule has 0 N–H and O–H groups in total. The highest BCUT2D eigenvalue weighted by Crippen LogP contribution is 2.17. The first-order valence-electron chi connectivity index (χ1n) is 2.28. The Morgan fingerprint density at radius 3 is 2.50 bits per heavy atom. The van der Waals surface area contributed by atoms with E-state index in [1.165, 1.54) is 6.07 Å². The number of nitrogens with zero attached hydrogens (tertiary/aromatic N) is 1. The Labute approximate surface area is 74.5 Å². The molecule has 5 heteroatoms. The summed E-state index contributed by atoms with van der Waals surface area (Å²) in [4.78, 5) is 2.90. The van der Waals surface area contributed by atoms with Crippen molar-refractivity contribution >= 4 is 34.2 Å². The topological polar surface area (TPSA) is 12.9 Å². The molecule has 54 valence electrons. The van der Waals surface area contributed by atoms with Crippen molar-refractivity contribution in [3.63, 3.8) is 0 Å². The van der Waals surface area contributed by atoms with E-state index < -0.39 is 11.9 Å². The van der Waals surface area contributed by atoms with Crippen molar-refractivity contribution in [1.82, 2.24) is 4.98 Å². The molecule has 0 aliphatic carbocycles. The second-order valence-electron chi connectivity index (χ2n) is 1.53. The number of hydrogen-bond donors (Lipinski definition) is 0. The van der Waals surface area contributed by atoms with Gasteiger partial charge in [-0.15, -0.1) is 0 Å². The zero-order valence-electron chi connectivity index (χ0n) is 4.54. The van der Waals surface area contributed by atoms with Crippen molar-refractivity contribution in [3.8, 4) is 0 Å². The third-order valence-corrected chi connectivity index (χ3v) is 1.87. The van der Waals surface area contributed by atoms with Crippen LogP contribution in [0.15, 0.2) is 6.07 Å². The molecule has 0 bridgehead atoms. The average molecular weight is 275 g/mol. The van der Waals surface area contributed by atoms with Crippen molar-refractivity contribution in [3.05, 3.63) is 26.6 Å². The zero-order valence-corrected chi connectivity index (χ0v) is 7.45. The maximum Gasteiger partial charge on any atom is 0.234 e. The monoisotopic (exact) mass is 275 g/mol. The van der Waals surface area contributed by atoms with Crippen molar-refractivity contribution in [2.45, 2.75) is 0 Å². The molecule has 1 aromatic heterocycles. The zero-order chi connectivity index (χ0) is 7.72. The van der Waals surface area contributed by atoms with Gasteiger partial charge in [0.1, 0.15) is 0 Å². The Hall–Kier alpha value is 0.0300. The Morgan fingerprint density at radius 1 is 1.40 bits per heavy atom. The van der Waals surface area contributed by atoms with E-state index in [1.807, 2.05) is 0 Å². The van der Waals surface area contributed by atoms with Crippen LogP contribution in [-0.2, 0) is 0 Å². The highest BCUT2D eigenvalue weighted by molar-refractivity contribution is 14.1. The van der Waals surface area contributed by atoms with Gasteiger partial charge in [-0.1, -0.05) is 11.6 Å². The first kappa shape index (κ1) is 8.13. The van der Waals surface area contributed by atoms with Crippen molar-refractivity contribution in [2.24, 2.45) is 0 Å². The van der Waals surface area contributed by atoms with E-state index in [0.29, 0.717) is 0 Å². The molecule has 1 rings (SSSR count). The van der Waals surface area contributed by atoms with Crippen LogP contribution < -0.4 is 0 Å². The number of aromatic nitrogens is 1. The highest BCUT2D eigenvalue weighted by Gasteiger charge is 2.06. The Kier molecular flexibility index (Phi) is 2.40. The van der Waals surface area contributed by atoms with Gasteiger partial charge in [0.2, 0.25) is 11.9 Å². The normalized spacial score (nSPS) is 10.0. The average Bonchev–Trinajstić information content (AvgIpc) is 1.84. The van der Waals surface area contributed by atoms with Crippen LogP contribution in [0.1, 0.15) is 0 Å². The SMILES string of the molecule is Fc1nc(F)c(I)cc1Cl. The van der Waals surface area contributed by atoms with Crippen LogP contribution in [0.2, 0.25) is 5.02 Å². The van der Waals surface area contributed by atoms with Gasteiger partial charge >= 0.3 is 0 Å². The molecule has 0 atom stereocenters. The quantitative estimate of drug-likeness (QED) is 0.524. The number of halogens is 4. The second kappa shape index (κ2) is 2.96. The van der Waals surface area contributed by atoms with Gasteiger partial charge in [0.25, 0.3) is 0 Å². The van der Waals surface area contributed by atoms with Crippen LogP contribution in [-0.4, -0.2) is 4.98 Å². The minimum absolute atomic E-state index is 0.161. The molecule has 0 aromatic carbocycles. The van der Waals surface area contributed by atoms with Gasteiger partial charge in [-0.3, -0.25) is 0 Å². The molecule has 1 nitrogen and oxygen atoms in total. The summed E-state index contributed by atoms with van der Waals surface area (Å²) in [7, 11) is 0. The summed E-state index contributed by atoms with van der Waals surface area (Å²) in [5, 5.41) is -0.161. The molecule has 0 unspecified atom stereocenters. The summed E-state index contributed by atoms with van der Waals surface area (Å²) in [5.74, 6) is -1.80. The predicted molar refractivity (Wildman–Crippen MR) is 41.9 cm³/mol. The number of hydrogen-bond acceptors (Lipinski definition) is 1. The van der Waals surface area contributed by atoms with E-state index in [-0.39, 0.29) is 8.59 Å². The molecule has 0 fully saturated rings. The van der Waals surface area contributed by atoms with Gasteiger partial charge in [-0.2, -0.15) is 13.8 Å². The van der Waals surface area contributed by atoms with Crippen LogP contribution in [0.3, 0.4) is 0 Å². The second-order valence-corrected chi connectivity index (χ2v) is 3.10. The molecule has 0 aliphatic heterocycles. The van der Waals surface area contributed by atoms with Gasteiger partial charge in [-0.05, 0) is 28.7 Å². The molecule has 0 spiro atoms. The van der Waals surface area contributed by atoms with E-state index in [2.05, 4.69) is 4.98 Å². The molecule has 1 aromatic rings. The van der Waals surface area contributed by atoms with Gasteiger partial charge in [0.15, 0.2) is 0 Å². The number of rotatable bonds is 0. The van der Waals surface area contributed by atoms with Crippen LogP contribution in [0, 0.1) is 15.5 Å². The third-order valence-electron chi connectivity index (χ3n) is 0.844. The summed E-state index contributed by atoms with van der Waals surface area (Å²) < 4.78 is 24.8. The Bertz CT molecular complexity index is 216. The first-order chi connectivity index (χ1) is 4.61. The van der Waals surface area contributed by atoms with Crippen LogP contribution >= 0.6 is 34.2 Å². The van der Waals surface area contributed by atoms with Gasteiger partial charge in [0, 0.05) is 0 Å². The number of pyridine rings is 1. The van der Waals surface area contributed by atoms with Gasteiger partial charge in [0.05, 0.1) is 8.59 Å². The van der Waals surface area contributed by atoms with Gasteiger partial charge in [-0.25, -0.2) is 0 Å². The summed E-state index contributed by atoms with van der Waals surface area (Å²) in [5.41, 5.74) is 0. The molecule has 0 saturated heterocycles. The van der Waals surface area contributed by atoms with Crippen molar-refractivity contribution in [1.29, 1.82) is 0 Å². The first-order valence-corrected chi connectivity index (χ1v) is 3.74. The standard InChI is InChI=1S/C5HClF2IN/c6-2-1-3(9)5(8)10-4(2)7/h1H. The molecular weight excluding hydrogens is 274 g/mol. The molecule has 0 aliphatic rings. The predicted octanol–water partition coefficient (Wildman–Crippen LogP) is 2.62. The summed E-state index contributed by atoms with van der Waals surface area (Å²) >= 11 is 6.95. The molecule has 0 saturated carbocycles. The van der Waals surface area contributed by atoms with E-state index in [4.69, 9.17) is 11.6 Å². The maximum atomic E-state index is 12.3. The van der Waals surface area contributed by atoms with Crippen molar-refractivity contribution in [2.75, 3.05) is 0 Å². The van der Waals surface area contributed by atoms with E-state index in [9.17, 15) is 8.78 Å². The Balaban J connectivity index is 3.28. The van der Waals surface area contributed by atoms with Gasteiger partial charge < -0.3 is 0 Å². The molecule has 10 heavy (non-hydrogen) atoms. The van der Waals surface area contributed by atoms with E-state index in [1.54, 1.807) is 22.6 Å². The fourth-order valence-electron chi connectivity index (χ4n) is 0.423. The minimum Gasteiger partial charge on any atom is -0.188 e. The molecule has 0 amide bonds. The van der Waals surface area contributed by atoms with E-state index in [0.717, 1.165) is 0 Å². The lowest BCUT2D eigenvalue weighted by Crippen LogP contribution is -1.92. The lowest BCUT2D eigenvalue weighted by Gasteiger charge is -1.94. The van der Waals surface area contributed by atoms with Crippen LogP contribution in [0.4, 0.5) is 8.78 Å². The van der Waals surface area contributed by atoms with E-state index >= 15 is 0 Å². The van der Waals surface area contributed by atoms with Crippen LogP contribution in [0.25, 0.3) is 0 Å². The molecule has 1 heterocycles. The van der Waals surface area contributed by atoms with Crippen LogP contribution in [0.5, 0.6) is 0 Å². The lowest BCUT2D eigenvalue weighted by molar-refractivity contribution is 0.508. The van der Waals surface area contributed by atoms with Crippen molar-refractivity contribution < 1.29 is 8.78 Å². The fraction of sp³-hybridized carbons (Fsp3) is 0. The summed E-state index contributed by atoms with van der Waals surface area (Å²) in [6, 6.07) is 1.18.